The molecule has 0 saturated carbocycles. The van der Waals surface area contributed by atoms with Crippen LogP contribution in [0.2, 0.25) is 0 Å². The van der Waals surface area contributed by atoms with Gasteiger partial charge in [-0.05, 0) is 72.6 Å². The predicted molar refractivity (Wildman–Crippen MR) is 133 cm³/mol. The Morgan fingerprint density at radius 1 is 1.18 bits per heavy atom. The number of aliphatic hydroxyl groups is 1. The van der Waals surface area contributed by atoms with E-state index in [1.165, 1.54) is 12.1 Å². The number of fused-ring (bicyclic) bond motifs is 1. The molecule has 0 amide bonds. The molecular weight excluding hydrogens is 417 g/mol. The summed E-state index contributed by atoms with van der Waals surface area (Å²) in [4.78, 5) is 12.5. The minimum Gasteiger partial charge on any atom is -0.386 e. The van der Waals surface area contributed by atoms with Gasteiger partial charge in [-0.15, -0.1) is 0 Å². The van der Waals surface area contributed by atoms with Crippen LogP contribution in [-0.2, 0) is 0 Å². The Balaban J connectivity index is 1.66. The standard InChI is InChI=1S/C26H34FN5O/c1-24(2)13-18(14-25(3,4)32-24)30-23-28-10-8-21(31-23)20-15-29-22-16(7-9-26(5,6)33)11-17(27)12-19(20)22/h7-12,15,18,29,32-33H,13-14H2,1-6H3,(H,28,30,31). The number of hydrogen-bond acceptors (Lipinski definition) is 5. The fourth-order valence-electron chi connectivity index (χ4n) is 5.05. The molecule has 1 aromatic carbocycles. The smallest absolute Gasteiger partial charge is 0.223 e. The fourth-order valence-corrected chi connectivity index (χ4v) is 5.05. The molecular formula is C26H34FN5O. The minimum absolute atomic E-state index is 0.0123. The topological polar surface area (TPSA) is 85.9 Å². The highest BCUT2D eigenvalue weighted by Crippen LogP contribution is 2.33. The molecule has 1 fully saturated rings. The predicted octanol–water partition coefficient (Wildman–Crippen LogP) is 5.27. The molecule has 3 aromatic rings. The summed E-state index contributed by atoms with van der Waals surface area (Å²) in [6.45, 7) is 12.2. The Bertz CT molecular complexity index is 1170. The number of halogens is 1. The van der Waals surface area contributed by atoms with Gasteiger partial charge in [-0.1, -0.05) is 12.2 Å². The van der Waals surface area contributed by atoms with E-state index in [-0.39, 0.29) is 22.9 Å². The Morgan fingerprint density at radius 2 is 1.88 bits per heavy atom. The maximum absolute atomic E-state index is 14.5. The number of aromatic amines is 1. The lowest BCUT2D eigenvalue weighted by atomic mass is 9.80. The van der Waals surface area contributed by atoms with E-state index in [2.05, 4.69) is 48.3 Å². The third-order valence-corrected chi connectivity index (χ3v) is 5.91. The van der Waals surface area contributed by atoms with Crippen LogP contribution < -0.4 is 10.6 Å². The maximum Gasteiger partial charge on any atom is 0.223 e. The molecule has 1 aliphatic heterocycles. The third-order valence-electron chi connectivity index (χ3n) is 5.91. The lowest BCUT2D eigenvalue weighted by molar-refractivity contribution is 0.134. The Hall–Kier alpha value is -2.77. The minimum atomic E-state index is -0.987. The van der Waals surface area contributed by atoms with Crippen LogP contribution in [0, 0.1) is 5.82 Å². The highest BCUT2D eigenvalue weighted by atomic mass is 19.1. The Labute approximate surface area is 194 Å². The van der Waals surface area contributed by atoms with E-state index >= 15 is 0 Å². The largest absolute Gasteiger partial charge is 0.386 e. The van der Waals surface area contributed by atoms with Crippen molar-refractivity contribution in [3.05, 3.63) is 48.0 Å². The molecule has 0 spiro atoms. The highest BCUT2D eigenvalue weighted by molar-refractivity contribution is 5.99. The lowest BCUT2D eigenvalue weighted by Gasteiger charge is -2.46. The Morgan fingerprint density at radius 3 is 2.55 bits per heavy atom. The van der Waals surface area contributed by atoms with Gasteiger partial charge in [0.1, 0.15) is 5.82 Å². The molecule has 0 atom stereocenters. The number of aromatic nitrogens is 3. The summed E-state index contributed by atoms with van der Waals surface area (Å²) in [5.41, 5.74) is 2.02. The molecule has 3 heterocycles. The third kappa shape index (κ3) is 5.60. The van der Waals surface area contributed by atoms with E-state index < -0.39 is 5.60 Å². The van der Waals surface area contributed by atoms with Gasteiger partial charge < -0.3 is 20.7 Å². The quantitative estimate of drug-likeness (QED) is 0.425. The van der Waals surface area contributed by atoms with Gasteiger partial charge in [-0.25, -0.2) is 14.4 Å². The van der Waals surface area contributed by atoms with Gasteiger partial charge in [0.05, 0.1) is 16.8 Å². The molecule has 7 heteroatoms. The molecule has 4 rings (SSSR count). The first-order valence-corrected chi connectivity index (χ1v) is 11.4. The lowest BCUT2D eigenvalue weighted by Crippen LogP contribution is -2.60. The second kappa shape index (κ2) is 8.22. The summed E-state index contributed by atoms with van der Waals surface area (Å²) in [6.07, 6.45) is 8.87. The molecule has 6 nitrogen and oxygen atoms in total. The molecule has 0 aliphatic carbocycles. The molecule has 176 valence electrons. The van der Waals surface area contributed by atoms with Crippen LogP contribution in [0.1, 0.15) is 59.9 Å². The van der Waals surface area contributed by atoms with Crippen molar-refractivity contribution in [2.75, 3.05) is 5.32 Å². The Kier molecular flexibility index (Phi) is 5.83. The van der Waals surface area contributed by atoms with E-state index in [4.69, 9.17) is 4.98 Å². The zero-order chi connectivity index (χ0) is 24.0. The van der Waals surface area contributed by atoms with Gasteiger partial charge in [0.15, 0.2) is 0 Å². The first-order chi connectivity index (χ1) is 15.3. The van der Waals surface area contributed by atoms with Crippen molar-refractivity contribution >= 4 is 22.9 Å². The van der Waals surface area contributed by atoms with Crippen LogP contribution in [0.15, 0.2) is 36.7 Å². The molecule has 1 aliphatic rings. The van der Waals surface area contributed by atoms with E-state index in [1.54, 1.807) is 32.2 Å². The molecule has 2 aromatic heterocycles. The van der Waals surface area contributed by atoms with E-state index in [0.717, 1.165) is 29.3 Å². The van der Waals surface area contributed by atoms with Crippen LogP contribution in [-0.4, -0.2) is 42.8 Å². The highest BCUT2D eigenvalue weighted by Gasteiger charge is 2.37. The van der Waals surface area contributed by atoms with Gasteiger partial charge in [-0.2, -0.15) is 0 Å². The van der Waals surface area contributed by atoms with E-state index in [1.807, 2.05) is 12.3 Å². The molecule has 1 saturated heterocycles. The summed E-state index contributed by atoms with van der Waals surface area (Å²) in [5.74, 6) is 0.226. The number of anilines is 1. The molecule has 4 N–H and O–H groups in total. The number of nitrogens with one attached hydrogen (secondary N) is 3. The van der Waals surface area contributed by atoms with Crippen molar-refractivity contribution in [3.8, 4) is 11.3 Å². The number of H-pyrrole nitrogens is 1. The number of rotatable bonds is 5. The average Bonchev–Trinajstić information content (AvgIpc) is 3.07. The monoisotopic (exact) mass is 451 g/mol. The van der Waals surface area contributed by atoms with Crippen molar-refractivity contribution < 1.29 is 9.50 Å². The fraction of sp³-hybridized carbons (Fsp3) is 0.462. The number of benzene rings is 1. The van der Waals surface area contributed by atoms with Crippen LogP contribution in [0.4, 0.5) is 10.3 Å². The number of piperidine rings is 1. The average molecular weight is 452 g/mol. The first kappa shape index (κ1) is 23.4. The maximum atomic E-state index is 14.5. The van der Waals surface area contributed by atoms with Gasteiger partial charge in [0.25, 0.3) is 0 Å². The summed E-state index contributed by atoms with van der Waals surface area (Å²) in [6, 6.07) is 5.04. The van der Waals surface area contributed by atoms with Crippen LogP contribution >= 0.6 is 0 Å². The van der Waals surface area contributed by atoms with Gasteiger partial charge >= 0.3 is 0 Å². The summed E-state index contributed by atoms with van der Waals surface area (Å²) in [7, 11) is 0. The van der Waals surface area contributed by atoms with Gasteiger partial charge in [0, 0.05) is 46.0 Å². The molecule has 0 bridgehead atoms. The SMILES string of the molecule is CC(C)(O)C=Cc1cc(F)cc2c(-c3ccnc(NC4CC(C)(C)NC(C)(C)C4)n3)c[nH]c12. The zero-order valence-electron chi connectivity index (χ0n) is 20.3. The molecule has 0 radical (unpaired) electrons. The van der Waals surface area contributed by atoms with Crippen molar-refractivity contribution in [3.63, 3.8) is 0 Å². The molecule has 0 unspecified atom stereocenters. The molecule has 33 heavy (non-hydrogen) atoms. The normalized spacial score (nSPS) is 18.8. The van der Waals surface area contributed by atoms with Crippen molar-refractivity contribution in [1.82, 2.24) is 20.3 Å². The summed E-state index contributed by atoms with van der Waals surface area (Å²) >= 11 is 0. The number of hydrogen-bond donors (Lipinski definition) is 4. The second-order valence-corrected chi connectivity index (χ2v) is 11.0. The summed E-state index contributed by atoms with van der Waals surface area (Å²) in [5, 5.41) is 18.0. The van der Waals surface area contributed by atoms with Gasteiger partial charge in [0.2, 0.25) is 5.95 Å². The zero-order valence-corrected chi connectivity index (χ0v) is 20.3. The van der Waals surface area contributed by atoms with Crippen molar-refractivity contribution in [1.29, 1.82) is 0 Å². The van der Waals surface area contributed by atoms with E-state index in [9.17, 15) is 9.50 Å². The van der Waals surface area contributed by atoms with Crippen LogP contribution in [0.5, 0.6) is 0 Å². The van der Waals surface area contributed by atoms with Crippen molar-refractivity contribution in [2.24, 2.45) is 0 Å². The first-order valence-electron chi connectivity index (χ1n) is 11.4. The van der Waals surface area contributed by atoms with Crippen LogP contribution in [0.25, 0.3) is 28.2 Å². The van der Waals surface area contributed by atoms with Crippen LogP contribution in [0.3, 0.4) is 0 Å². The van der Waals surface area contributed by atoms with E-state index in [0.29, 0.717) is 17.2 Å². The summed E-state index contributed by atoms with van der Waals surface area (Å²) < 4.78 is 14.5. The van der Waals surface area contributed by atoms with Crippen molar-refractivity contribution in [2.45, 2.75) is 77.1 Å². The number of nitrogens with zero attached hydrogens (tertiary/aromatic N) is 2. The second-order valence-electron chi connectivity index (χ2n) is 11.0. The van der Waals surface area contributed by atoms with Gasteiger partial charge in [-0.3, -0.25) is 0 Å².